The first-order chi connectivity index (χ1) is 8.70. The summed E-state index contributed by atoms with van der Waals surface area (Å²) in [6, 6.07) is 0.0733. The van der Waals surface area contributed by atoms with E-state index >= 15 is 0 Å². The highest BCUT2D eigenvalue weighted by Crippen LogP contribution is 2.34. The molecule has 5 nitrogen and oxygen atoms in total. The minimum atomic E-state index is -0.157. The lowest BCUT2D eigenvalue weighted by Crippen LogP contribution is -2.41. The molecule has 0 saturated carbocycles. The summed E-state index contributed by atoms with van der Waals surface area (Å²) < 4.78 is 4.13. The molecule has 0 aliphatic rings. The fourth-order valence-electron chi connectivity index (χ4n) is 1.58. The van der Waals surface area contributed by atoms with Crippen LogP contribution >= 0.6 is 11.5 Å². The summed E-state index contributed by atoms with van der Waals surface area (Å²) in [5.74, 6) is 0.145. The van der Waals surface area contributed by atoms with E-state index in [0.29, 0.717) is 11.4 Å². The van der Waals surface area contributed by atoms with Gasteiger partial charge >= 0.3 is 0 Å². The highest BCUT2D eigenvalue weighted by atomic mass is 32.1. The van der Waals surface area contributed by atoms with Gasteiger partial charge in [-0.05, 0) is 45.6 Å². The molecule has 6 heteroatoms. The maximum atomic E-state index is 12.2. The first-order valence-electron chi connectivity index (χ1n) is 6.50. The van der Waals surface area contributed by atoms with Crippen molar-refractivity contribution in [1.82, 2.24) is 9.69 Å². The van der Waals surface area contributed by atoms with Gasteiger partial charge in [0.2, 0.25) is 0 Å². The molecule has 108 valence electrons. The second-order valence-electron chi connectivity index (χ2n) is 5.60. The molecule has 1 heterocycles. The predicted octanol–water partition coefficient (Wildman–Crippen LogP) is 2.49. The summed E-state index contributed by atoms with van der Waals surface area (Å²) in [6.07, 6.45) is 0.965. The van der Waals surface area contributed by atoms with Gasteiger partial charge in [-0.15, -0.1) is 0 Å². The molecule has 0 aliphatic carbocycles. The van der Waals surface area contributed by atoms with Gasteiger partial charge in [0.25, 0.3) is 5.91 Å². The van der Waals surface area contributed by atoms with Crippen LogP contribution in [0.1, 0.15) is 51.4 Å². The molecule has 1 rings (SSSR count). The largest absolute Gasteiger partial charge is 0.382 e. The summed E-state index contributed by atoms with van der Waals surface area (Å²) in [4.78, 5) is 14.3. The van der Waals surface area contributed by atoms with Crippen molar-refractivity contribution in [3.63, 3.8) is 0 Å². The Bertz CT molecular complexity index is 453. The zero-order valence-corrected chi connectivity index (χ0v) is 13.4. The second kappa shape index (κ2) is 5.77. The van der Waals surface area contributed by atoms with Gasteiger partial charge in [-0.3, -0.25) is 4.79 Å². The molecular formula is C13H24N4OS. The van der Waals surface area contributed by atoms with Crippen molar-refractivity contribution in [2.75, 3.05) is 17.7 Å². The molecule has 0 unspecified atom stereocenters. The Balaban J connectivity index is 3.14. The highest BCUT2D eigenvalue weighted by Gasteiger charge is 2.29. The minimum Gasteiger partial charge on any atom is -0.382 e. The minimum absolute atomic E-state index is 0.0498. The molecule has 1 aromatic rings. The van der Waals surface area contributed by atoms with E-state index in [4.69, 9.17) is 5.73 Å². The summed E-state index contributed by atoms with van der Waals surface area (Å²) in [6.45, 7) is 10.2. The van der Waals surface area contributed by atoms with E-state index in [2.05, 4.69) is 35.4 Å². The maximum Gasteiger partial charge on any atom is 0.258 e. The molecule has 0 spiro atoms. The maximum absolute atomic E-state index is 12.2. The van der Waals surface area contributed by atoms with Crippen molar-refractivity contribution in [2.45, 2.75) is 52.6 Å². The predicted molar refractivity (Wildman–Crippen MR) is 81.9 cm³/mol. The lowest BCUT2D eigenvalue weighted by atomic mass is 10.00. The monoisotopic (exact) mass is 284 g/mol. The van der Waals surface area contributed by atoms with Crippen molar-refractivity contribution < 1.29 is 4.79 Å². The average molecular weight is 284 g/mol. The van der Waals surface area contributed by atoms with Crippen LogP contribution in [0.2, 0.25) is 0 Å². The Labute approximate surface area is 119 Å². The van der Waals surface area contributed by atoms with E-state index in [0.717, 1.165) is 11.4 Å². The van der Waals surface area contributed by atoms with Crippen molar-refractivity contribution in [3.05, 3.63) is 5.56 Å². The lowest BCUT2D eigenvalue weighted by Gasteiger charge is -2.35. The summed E-state index contributed by atoms with van der Waals surface area (Å²) in [5.41, 5.74) is 6.29. The van der Waals surface area contributed by atoms with Gasteiger partial charge in [0.05, 0.1) is 0 Å². The number of rotatable bonds is 5. The molecule has 0 aromatic carbocycles. The smallest absolute Gasteiger partial charge is 0.258 e. The van der Waals surface area contributed by atoms with Gasteiger partial charge in [-0.25, -0.2) is 0 Å². The van der Waals surface area contributed by atoms with E-state index in [9.17, 15) is 4.79 Å². The van der Waals surface area contributed by atoms with Gasteiger partial charge in [0, 0.05) is 18.6 Å². The van der Waals surface area contributed by atoms with Crippen LogP contribution in [0.15, 0.2) is 0 Å². The summed E-state index contributed by atoms with van der Waals surface area (Å²) in [7, 11) is 1.97. The molecule has 0 fully saturated rings. The normalized spacial score (nSPS) is 11.7. The van der Waals surface area contributed by atoms with E-state index in [1.54, 1.807) is 0 Å². The van der Waals surface area contributed by atoms with Gasteiger partial charge in [-0.2, -0.15) is 4.37 Å². The number of anilines is 2. The topological polar surface area (TPSA) is 71.2 Å². The fraction of sp³-hybridized carbons (Fsp3) is 0.692. The van der Waals surface area contributed by atoms with Crippen LogP contribution in [0.4, 0.5) is 10.8 Å². The van der Waals surface area contributed by atoms with Gasteiger partial charge in [-0.1, -0.05) is 6.92 Å². The van der Waals surface area contributed by atoms with E-state index in [-0.39, 0.29) is 17.5 Å². The number of hydrogen-bond acceptors (Lipinski definition) is 5. The average Bonchev–Trinajstić information content (AvgIpc) is 2.69. The molecule has 0 bridgehead atoms. The lowest BCUT2D eigenvalue weighted by molar-refractivity contribution is 0.0944. The molecule has 0 saturated heterocycles. The first-order valence-corrected chi connectivity index (χ1v) is 7.27. The SMILES string of the molecule is CCC(C)(C)N(C)c1snc(N)c1C(=O)NC(C)C. The van der Waals surface area contributed by atoms with Crippen LogP contribution in [0.25, 0.3) is 0 Å². The quantitative estimate of drug-likeness (QED) is 0.871. The third kappa shape index (κ3) is 3.37. The second-order valence-corrected chi connectivity index (χ2v) is 6.35. The van der Waals surface area contributed by atoms with Crippen LogP contribution in [0, 0.1) is 0 Å². The molecule has 0 atom stereocenters. The zero-order chi connectivity index (χ0) is 14.8. The number of amides is 1. The molecule has 1 aromatic heterocycles. The molecule has 0 aliphatic heterocycles. The molecule has 1 amide bonds. The number of aromatic nitrogens is 1. The Morgan fingerprint density at radius 3 is 2.58 bits per heavy atom. The third-order valence-corrected chi connectivity index (χ3v) is 4.36. The van der Waals surface area contributed by atoms with Crippen molar-refractivity contribution in [2.24, 2.45) is 0 Å². The summed E-state index contributed by atoms with van der Waals surface area (Å²) in [5, 5.41) is 3.69. The Hall–Kier alpha value is -1.30. The van der Waals surface area contributed by atoms with E-state index in [1.807, 2.05) is 20.9 Å². The van der Waals surface area contributed by atoms with Gasteiger partial charge < -0.3 is 16.0 Å². The number of nitrogens with two attached hydrogens (primary N) is 1. The van der Waals surface area contributed by atoms with E-state index in [1.165, 1.54) is 11.5 Å². The highest BCUT2D eigenvalue weighted by molar-refractivity contribution is 7.11. The van der Waals surface area contributed by atoms with Crippen LogP contribution in [-0.4, -0.2) is 28.9 Å². The Kier molecular flexibility index (Phi) is 4.79. The fourth-order valence-corrected chi connectivity index (χ4v) is 2.52. The molecule has 0 radical (unpaired) electrons. The van der Waals surface area contributed by atoms with Crippen LogP contribution in [0.5, 0.6) is 0 Å². The number of nitrogens with one attached hydrogen (secondary N) is 1. The number of nitrogen functional groups attached to an aromatic ring is 1. The van der Waals surface area contributed by atoms with E-state index < -0.39 is 0 Å². The Morgan fingerprint density at radius 2 is 2.11 bits per heavy atom. The zero-order valence-electron chi connectivity index (χ0n) is 12.6. The van der Waals surface area contributed by atoms with Crippen molar-refractivity contribution in [3.8, 4) is 0 Å². The number of hydrogen-bond donors (Lipinski definition) is 2. The van der Waals surface area contributed by atoms with Crippen molar-refractivity contribution in [1.29, 1.82) is 0 Å². The van der Waals surface area contributed by atoms with Crippen LogP contribution < -0.4 is 16.0 Å². The van der Waals surface area contributed by atoms with Gasteiger partial charge in [0.1, 0.15) is 10.6 Å². The number of carbonyl (C=O) groups is 1. The van der Waals surface area contributed by atoms with Crippen molar-refractivity contribution >= 4 is 28.3 Å². The first kappa shape index (κ1) is 15.8. The standard InChI is InChI=1S/C13H24N4OS/c1-7-13(4,5)17(6)12-9(10(14)16-19-12)11(18)15-8(2)3/h8H,7H2,1-6H3,(H2,14,16)(H,15,18). The molecule has 3 N–H and O–H groups in total. The van der Waals surface area contributed by atoms with Gasteiger partial charge in [0.15, 0.2) is 5.82 Å². The number of carbonyl (C=O) groups excluding carboxylic acids is 1. The molecular weight excluding hydrogens is 260 g/mol. The number of nitrogens with zero attached hydrogens (tertiary/aromatic N) is 2. The third-order valence-electron chi connectivity index (χ3n) is 3.43. The molecule has 19 heavy (non-hydrogen) atoms. The summed E-state index contributed by atoms with van der Waals surface area (Å²) >= 11 is 1.27. The van der Waals surface area contributed by atoms with Crippen LogP contribution in [-0.2, 0) is 0 Å². The Morgan fingerprint density at radius 1 is 1.53 bits per heavy atom. The van der Waals surface area contributed by atoms with Crippen LogP contribution in [0.3, 0.4) is 0 Å².